The summed E-state index contributed by atoms with van der Waals surface area (Å²) in [6.07, 6.45) is 2.55. The van der Waals surface area contributed by atoms with Crippen LogP contribution >= 0.6 is 0 Å². The fourth-order valence-electron chi connectivity index (χ4n) is 2.65. The maximum absolute atomic E-state index is 12.8. The number of nitrogens with one attached hydrogen (secondary N) is 1. The maximum Gasteiger partial charge on any atom is 0.249 e. The minimum Gasteiger partial charge on any atom is -0.340 e. The van der Waals surface area contributed by atoms with Crippen LogP contribution in [0.3, 0.4) is 0 Å². The molecule has 6 nitrogen and oxygen atoms in total. The maximum atomic E-state index is 12.8. The van der Waals surface area contributed by atoms with Crippen LogP contribution in [0.1, 0.15) is 47.0 Å². The molecule has 0 atom stereocenters. The monoisotopic (exact) mass is 318 g/mol. The molecular weight excluding hydrogens is 292 g/mol. The number of rotatable bonds is 6. The number of amides is 2. The number of carbonyl (C=O) groups excluding carboxylic acids is 2. The van der Waals surface area contributed by atoms with Gasteiger partial charge in [0.1, 0.15) is 20.9 Å². The van der Waals surface area contributed by atoms with Crippen LogP contribution in [0.5, 0.6) is 0 Å². The lowest BCUT2D eigenvalue weighted by Gasteiger charge is -2.49. The standard InChI is InChI=1S/C14H26N2O4S/c1-6-14(7-2)12(18)16(9-8-10-21(5,19)20)13(3,4)11(17)15-14/h6-10H2,1-5H3,(H,15,17). The smallest absolute Gasteiger partial charge is 0.249 e. The second kappa shape index (κ2) is 5.94. The minimum atomic E-state index is -3.07. The van der Waals surface area contributed by atoms with Crippen molar-refractivity contribution < 1.29 is 18.0 Å². The Labute approximate surface area is 127 Å². The van der Waals surface area contributed by atoms with E-state index in [2.05, 4.69) is 5.32 Å². The van der Waals surface area contributed by atoms with Gasteiger partial charge in [0.25, 0.3) is 0 Å². The van der Waals surface area contributed by atoms with Gasteiger partial charge in [-0.05, 0) is 33.1 Å². The molecule has 0 radical (unpaired) electrons. The van der Waals surface area contributed by atoms with Gasteiger partial charge in [-0.25, -0.2) is 8.42 Å². The summed E-state index contributed by atoms with van der Waals surface area (Å²) in [7, 11) is -3.07. The lowest BCUT2D eigenvalue weighted by Crippen LogP contribution is -2.73. The lowest BCUT2D eigenvalue weighted by atomic mass is 9.83. The molecule has 21 heavy (non-hydrogen) atoms. The molecule has 1 aliphatic heterocycles. The van der Waals surface area contributed by atoms with Gasteiger partial charge in [-0.3, -0.25) is 9.59 Å². The first-order valence-electron chi connectivity index (χ1n) is 7.32. The van der Waals surface area contributed by atoms with E-state index in [1.165, 1.54) is 11.2 Å². The molecule has 0 aromatic heterocycles. The molecule has 0 aliphatic carbocycles. The zero-order valence-corrected chi connectivity index (χ0v) is 14.3. The van der Waals surface area contributed by atoms with Gasteiger partial charge in [-0.1, -0.05) is 13.8 Å². The Morgan fingerprint density at radius 1 is 1.14 bits per heavy atom. The molecule has 0 aromatic rings. The predicted octanol–water partition coefficient (Wildman–Crippen LogP) is 0.717. The zero-order chi connectivity index (χ0) is 16.5. The second-order valence-electron chi connectivity index (χ2n) is 6.24. The summed E-state index contributed by atoms with van der Waals surface area (Å²) in [5.74, 6) is -0.296. The summed E-state index contributed by atoms with van der Waals surface area (Å²) in [6.45, 7) is 7.39. The van der Waals surface area contributed by atoms with Gasteiger partial charge in [0, 0.05) is 12.8 Å². The summed E-state index contributed by atoms with van der Waals surface area (Å²) in [6, 6.07) is 0. The van der Waals surface area contributed by atoms with Gasteiger partial charge in [0.15, 0.2) is 0 Å². The van der Waals surface area contributed by atoms with Crippen LogP contribution in [-0.2, 0) is 19.4 Å². The van der Waals surface area contributed by atoms with Crippen LogP contribution in [0, 0.1) is 0 Å². The molecule has 1 heterocycles. The average Bonchev–Trinajstić information content (AvgIpc) is 2.37. The van der Waals surface area contributed by atoms with E-state index >= 15 is 0 Å². The number of piperazine rings is 1. The highest BCUT2D eigenvalue weighted by Crippen LogP contribution is 2.30. The number of carbonyl (C=O) groups is 2. The van der Waals surface area contributed by atoms with Gasteiger partial charge in [-0.2, -0.15) is 0 Å². The fraction of sp³-hybridized carbons (Fsp3) is 0.857. The SMILES string of the molecule is CCC1(CC)NC(=O)C(C)(C)N(CCCS(C)(=O)=O)C1=O. The van der Waals surface area contributed by atoms with Gasteiger partial charge < -0.3 is 10.2 Å². The van der Waals surface area contributed by atoms with Gasteiger partial charge in [0.05, 0.1) is 5.75 Å². The molecule has 1 N–H and O–H groups in total. The van der Waals surface area contributed by atoms with Crippen molar-refractivity contribution in [3.05, 3.63) is 0 Å². The molecule has 1 saturated heterocycles. The highest BCUT2D eigenvalue weighted by molar-refractivity contribution is 7.90. The molecule has 0 saturated carbocycles. The molecular formula is C14H26N2O4S. The van der Waals surface area contributed by atoms with Crippen molar-refractivity contribution in [2.45, 2.75) is 58.0 Å². The Balaban J connectivity index is 3.00. The van der Waals surface area contributed by atoms with Crippen LogP contribution in [0.2, 0.25) is 0 Å². The number of hydrogen-bond acceptors (Lipinski definition) is 4. The van der Waals surface area contributed by atoms with Crippen molar-refractivity contribution in [1.82, 2.24) is 10.2 Å². The molecule has 1 aliphatic rings. The van der Waals surface area contributed by atoms with E-state index in [1.807, 2.05) is 13.8 Å². The summed E-state index contributed by atoms with van der Waals surface area (Å²) in [5.41, 5.74) is -1.82. The molecule has 122 valence electrons. The fourth-order valence-corrected chi connectivity index (χ4v) is 3.31. The number of sulfone groups is 1. The third kappa shape index (κ3) is 3.56. The highest BCUT2D eigenvalue weighted by atomic mass is 32.2. The Bertz CT molecular complexity index is 521. The van der Waals surface area contributed by atoms with E-state index in [0.29, 0.717) is 19.3 Å². The van der Waals surface area contributed by atoms with E-state index < -0.39 is 20.9 Å². The van der Waals surface area contributed by atoms with Crippen LogP contribution < -0.4 is 5.32 Å². The van der Waals surface area contributed by atoms with Crippen LogP contribution in [0.15, 0.2) is 0 Å². The molecule has 0 aromatic carbocycles. The second-order valence-corrected chi connectivity index (χ2v) is 8.50. The van der Waals surface area contributed by atoms with Crippen molar-refractivity contribution in [2.24, 2.45) is 0 Å². The van der Waals surface area contributed by atoms with Crippen molar-refractivity contribution in [2.75, 3.05) is 18.6 Å². The third-order valence-electron chi connectivity index (χ3n) is 4.34. The number of nitrogens with zero attached hydrogens (tertiary/aromatic N) is 1. The summed E-state index contributed by atoms with van der Waals surface area (Å²) in [4.78, 5) is 26.7. The first-order valence-corrected chi connectivity index (χ1v) is 9.38. The Morgan fingerprint density at radius 2 is 1.67 bits per heavy atom. The average molecular weight is 318 g/mol. The number of hydrogen-bond donors (Lipinski definition) is 1. The van der Waals surface area contributed by atoms with E-state index in [-0.39, 0.29) is 24.1 Å². The Hall–Kier alpha value is -1.11. The van der Waals surface area contributed by atoms with Crippen molar-refractivity contribution >= 4 is 21.7 Å². The van der Waals surface area contributed by atoms with E-state index in [1.54, 1.807) is 13.8 Å². The molecule has 0 spiro atoms. The molecule has 1 fully saturated rings. The summed E-state index contributed by atoms with van der Waals surface area (Å²) in [5, 5.41) is 2.86. The molecule has 0 bridgehead atoms. The lowest BCUT2D eigenvalue weighted by molar-refractivity contribution is -0.161. The largest absolute Gasteiger partial charge is 0.340 e. The Kier molecular flexibility index (Phi) is 5.08. The molecule has 0 unspecified atom stereocenters. The van der Waals surface area contributed by atoms with Crippen molar-refractivity contribution in [3.8, 4) is 0 Å². The van der Waals surface area contributed by atoms with Gasteiger partial charge in [-0.15, -0.1) is 0 Å². The topological polar surface area (TPSA) is 83.6 Å². The quantitative estimate of drug-likeness (QED) is 0.782. The highest BCUT2D eigenvalue weighted by Gasteiger charge is 2.52. The van der Waals surface area contributed by atoms with Crippen LogP contribution in [0.4, 0.5) is 0 Å². The van der Waals surface area contributed by atoms with E-state index in [4.69, 9.17) is 0 Å². The van der Waals surface area contributed by atoms with Crippen LogP contribution in [0.25, 0.3) is 0 Å². The molecule has 7 heteroatoms. The van der Waals surface area contributed by atoms with E-state index in [9.17, 15) is 18.0 Å². The zero-order valence-electron chi connectivity index (χ0n) is 13.5. The predicted molar refractivity (Wildman–Crippen MR) is 81.6 cm³/mol. The van der Waals surface area contributed by atoms with Crippen molar-refractivity contribution in [1.29, 1.82) is 0 Å². The molecule has 2 amide bonds. The first-order chi connectivity index (χ1) is 9.50. The summed E-state index contributed by atoms with van der Waals surface area (Å²) >= 11 is 0. The normalized spacial score (nSPS) is 21.3. The minimum absolute atomic E-state index is 0.0136. The van der Waals surface area contributed by atoms with Gasteiger partial charge in [0.2, 0.25) is 11.8 Å². The first kappa shape index (κ1) is 17.9. The van der Waals surface area contributed by atoms with E-state index in [0.717, 1.165) is 0 Å². The third-order valence-corrected chi connectivity index (χ3v) is 5.37. The Morgan fingerprint density at radius 3 is 2.10 bits per heavy atom. The van der Waals surface area contributed by atoms with Crippen LogP contribution in [-0.4, -0.2) is 54.8 Å². The summed E-state index contributed by atoms with van der Waals surface area (Å²) < 4.78 is 22.5. The molecule has 1 rings (SSSR count). The van der Waals surface area contributed by atoms with Gasteiger partial charge >= 0.3 is 0 Å². The van der Waals surface area contributed by atoms with Crippen molar-refractivity contribution in [3.63, 3.8) is 0 Å².